The number of aromatic nitrogens is 1. The Morgan fingerprint density at radius 2 is 1.76 bits per heavy atom. The molecule has 3 rings (SSSR count). The van der Waals surface area contributed by atoms with Crippen LogP contribution in [-0.2, 0) is 11.8 Å². The number of carbonyl (C=O) groups is 3. The maximum Gasteiger partial charge on any atom is 0.411 e. The van der Waals surface area contributed by atoms with Crippen molar-refractivity contribution < 1.29 is 37.1 Å². The number of nitrogens with one attached hydrogen (secondary N) is 2. The summed E-state index contributed by atoms with van der Waals surface area (Å²) >= 11 is 0. The number of ketones is 1. The van der Waals surface area contributed by atoms with Crippen molar-refractivity contribution in [3.63, 3.8) is 0 Å². The summed E-state index contributed by atoms with van der Waals surface area (Å²) in [5.74, 6) is -3.79. The lowest BCUT2D eigenvalue weighted by Gasteiger charge is -2.46. The number of aliphatic hydroxyl groups is 1. The Kier molecular flexibility index (Phi) is 6.14. The number of alkyl halides is 3. The van der Waals surface area contributed by atoms with Gasteiger partial charge in [0.2, 0.25) is 0 Å². The number of aryl methyl sites for hydroxylation is 1. The van der Waals surface area contributed by atoms with E-state index in [0.717, 1.165) is 0 Å². The number of rotatable bonds is 5. The molecule has 1 aliphatic carbocycles. The first-order valence-corrected chi connectivity index (χ1v) is 10.0. The third kappa shape index (κ3) is 4.24. The fourth-order valence-corrected chi connectivity index (χ4v) is 4.08. The van der Waals surface area contributed by atoms with E-state index in [0.29, 0.717) is 16.9 Å². The van der Waals surface area contributed by atoms with E-state index in [-0.39, 0.29) is 16.8 Å². The number of halogens is 4. The average Bonchev–Trinajstić information content (AvgIpc) is 2.90. The van der Waals surface area contributed by atoms with Gasteiger partial charge in [-0.25, -0.2) is 4.39 Å². The number of nitrogens with zero attached hydrogens (tertiary/aromatic N) is 1. The van der Waals surface area contributed by atoms with Gasteiger partial charge in [0.15, 0.2) is 0 Å². The van der Waals surface area contributed by atoms with Gasteiger partial charge in [0.1, 0.15) is 11.4 Å². The van der Waals surface area contributed by atoms with Crippen LogP contribution in [-0.4, -0.2) is 45.1 Å². The Morgan fingerprint density at radius 3 is 2.27 bits per heavy atom. The second-order valence-electron chi connectivity index (χ2n) is 8.34. The largest absolute Gasteiger partial charge is 0.411 e. The summed E-state index contributed by atoms with van der Waals surface area (Å²) < 4.78 is 55.0. The first kappa shape index (κ1) is 24.4. The number of amides is 2. The molecular weight excluding hydrogens is 446 g/mol. The predicted molar refractivity (Wildman–Crippen MR) is 110 cm³/mol. The van der Waals surface area contributed by atoms with Gasteiger partial charge in [-0.1, -0.05) is 0 Å². The van der Waals surface area contributed by atoms with Gasteiger partial charge in [-0.2, -0.15) is 13.2 Å². The molecule has 0 atom stereocenters. The van der Waals surface area contributed by atoms with Crippen molar-refractivity contribution in [2.75, 3.05) is 5.32 Å². The molecule has 1 aliphatic rings. The van der Waals surface area contributed by atoms with Crippen LogP contribution in [0.15, 0.2) is 18.2 Å². The molecule has 2 aromatic rings. The summed E-state index contributed by atoms with van der Waals surface area (Å²) in [7, 11) is 1.41. The lowest BCUT2D eigenvalue weighted by Crippen LogP contribution is -2.68. The monoisotopic (exact) mass is 469 g/mol. The summed E-state index contributed by atoms with van der Waals surface area (Å²) in [6, 6.07) is 3.96. The summed E-state index contributed by atoms with van der Waals surface area (Å²) in [6.07, 6.45) is -7.57. The minimum absolute atomic E-state index is 0.0697. The first-order chi connectivity index (χ1) is 15.2. The SMILES string of the molecule is Cc1cc(NC(=O)c2c(C)c(C(=O)C(=O)NC3(C(F)(F)F)CC(O)C3)n(C)c2C)ccc1F. The van der Waals surface area contributed by atoms with Gasteiger partial charge in [-0.05, 0) is 50.1 Å². The number of hydrogen-bond donors (Lipinski definition) is 3. The molecule has 33 heavy (non-hydrogen) atoms. The number of benzene rings is 1. The van der Waals surface area contributed by atoms with Crippen molar-refractivity contribution in [1.29, 1.82) is 0 Å². The van der Waals surface area contributed by atoms with Crippen molar-refractivity contribution in [3.05, 3.63) is 52.1 Å². The van der Waals surface area contributed by atoms with E-state index < -0.39 is 54.1 Å². The molecule has 0 unspecified atom stereocenters. The molecule has 7 nitrogen and oxygen atoms in total. The van der Waals surface area contributed by atoms with E-state index in [1.807, 2.05) is 0 Å². The summed E-state index contributed by atoms with van der Waals surface area (Å²) in [5.41, 5.74) is -1.80. The molecule has 1 aromatic heterocycles. The highest BCUT2D eigenvalue weighted by Crippen LogP contribution is 2.45. The van der Waals surface area contributed by atoms with E-state index in [4.69, 9.17) is 0 Å². The lowest BCUT2D eigenvalue weighted by atomic mass is 9.73. The van der Waals surface area contributed by atoms with Gasteiger partial charge in [0.25, 0.3) is 17.6 Å². The van der Waals surface area contributed by atoms with E-state index in [1.165, 1.54) is 50.6 Å². The van der Waals surface area contributed by atoms with Crippen LogP contribution >= 0.6 is 0 Å². The quantitative estimate of drug-likeness (QED) is 0.356. The van der Waals surface area contributed by atoms with Crippen molar-refractivity contribution in [1.82, 2.24) is 9.88 Å². The van der Waals surface area contributed by atoms with Crippen molar-refractivity contribution in [2.45, 2.75) is 51.4 Å². The van der Waals surface area contributed by atoms with E-state index in [2.05, 4.69) is 5.32 Å². The van der Waals surface area contributed by atoms with Gasteiger partial charge in [0, 0.05) is 31.3 Å². The van der Waals surface area contributed by atoms with Gasteiger partial charge < -0.3 is 20.3 Å². The van der Waals surface area contributed by atoms with E-state index in [9.17, 15) is 37.1 Å². The first-order valence-electron chi connectivity index (χ1n) is 10.0. The summed E-state index contributed by atoms with van der Waals surface area (Å²) in [5, 5.41) is 13.7. The van der Waals surface area contributed by atoms with Crippen LogP contribution in [0.3, 0.4) is 0 Å². The summed E-state index contributed by atoms with van der Waals surface area (Å²) in [6.45, 7) is 4.45. The highest BCUT2D eigenvalue weighted by molar-refractivity contribution is 6.43. The number of anilines is 1. The maximum absolute atomic E-state index is 13.5. The lowest BCUT2D eigenvalue weighted by molar-refractivity contribution is -0.238. The molecule has 1 aromatic carbocycles. The predicted octanol–water partition coefficient (Wildman–Crippen LogP) is 3.10. The van der Waals surface area contributed by atoms with Crippen LogP contribution in [0.2, 0.25) is 0 Å². The zero-order chi connectivity index (χ0) is 24.9. The van der Waals surface area contributed by atoms with E-state index in [1.54, 1.807) is 5.32 Å². The zero-order valence-electron chi connectivity index (χ0n) is 18.4. The topological polar surface area (TPSA) is 100 Å². The second kappa shape index (κ2) is 8.29. The third-order valence-corrected chi connectivity index (χ3v) is 6.06. The van der Waals surface area contributed by atoms with Crippen molar-refractivity contribution in [2.24, 2.45) is 7.05 Å². The fourth-order valence-electron chi connectivity index (χ4n) is 4.08. The van der Waals surface area contributed by atoms with Crippen LogP contribution < -0.4 is 10.6 Å². The number of aliphatic hydroxyl groups excluding tert-OH is 1. The van der Waals surface area contributed by atoms with Gasteiger partial charge in [-0.15, -0.1) is 0 Å². The van der Waals surface area contributed by atoms with E-state index >= 15 is 0 Å². The maximum atomic E-state index is 13.5. The number of hydrogen-bond acceptors (Lipinski definition) is 4. The number of carbonyl (C=O) groups excluding carboxylic acids is 3. The Bertz CT molecular complexity index is 1150. The highest BCUT2D eigenvalue weighted by atomic mass is 19.4. The Balaban J connectivity index is 1.88. The Morgan fingerprint density at radius 1 is 1.15 bits per heavy atom. The molecule has 0 aliphatic heterocycles. The van der Waals surface area contributed by atoms with Gasteiger partial charge in [-0.3, -0.25) is 14.4 Å². The molecule has 2 amide bonds. The fraction of sp³-hybridized carbons (Fsp3) is 0.409. The van der Waals surface area contributed by atoms with Crippen LogP contribution in [0, 0.1) is 26.6 Å². The second-order valence-corrected chi connectivity index (χ2v) is 8.34. The average molecular weight is 469 g/mol. The highest BCUT2D eigenvalue weighted by Gasteiger charge is 2.63. The van der Waals surface area contributed by atoms with Gasteiger partial charge in [0.05, 0.1) is 17.4 Å². The molecule has 3 N–H and O–H groups in total. The van der Waals surface area contributed by atoms with Gasteiger partial charge >= 0.3 is 6.18 Å². The standard InChI is InChI=1S/C22H23F4N3O4/c1-10-7-13(5-6-15(10)23)27-19(32)16-11(2)17(29(4)12(16)3)18(31)20(33)28-21(22(24,25)26)8-14(30)9-21/h5-7,14,30H,8-9H2,1-4H3,(H,27,32)(H,28,33). The van der Waals surface area contributed by atoms with Crippen LogP contribution in [0.25, 0.3) is 0 Å². The zero-order valence-corrected chi connectivity index (χ0v) is 18.4. The molecule has 0 bridgehead atoms. The molecule has 0 spiro atoms. The Labute approximate surface area is 186 Å². The molecule has 1 fully saturated rings. The minimum atomic E-state index is -4.85. The normalized spacial score (nSPS) is 20.2. The molecular formula is C22H23F4N3O4. The molecule has 0 radical (unpaired) electrons. The molecule has 178 valence electrons. The third-order valence-electron chi connectivity index (χ3n) is 6.06. The smallest absolute Gasteiger partial charge is 0.393 e. The molecule has 0 saturated heterocycles. The minimum Gasteiger partial charge on any atom is -0.393 e. The van der Waals surface area contributed by atoms with Crippen molar-refractivity contribution >= 4 is 23.3 Å². The molecule has 11 heteroatoms. The van der Waals surface area contributed by atoms with Crippen LogP contribution in [0.1, 0.15) is 50.5 Å². The summed E-state index contributed by atoms with van der Waals surface area (Å²) in [4.78, 5) is 38.1. The van der Waals surface area contributed by atoms with Crippen molar-refractivity contribution in [3.8, 4) is 0 Å². The Hall–Kier alpha value is -3.21. The number of Topliss-reactive ketones (excluding diaryl/α,β-unsaturated/α-hetero) is 1. The van der Waals surface area contributed by atoms with Crippen LogP contribution in [0.4, 0.5) is 23.2 Å². The molecule has 1 saturated carbocycles. The molecule has 1 heterocycles. The van der Waals surface area contributed by atoms with Crippen LogP contribution in [0.5, 0.6) is 0 Å².